The van der Waals surface area contributed by atoms with Gasteiger partial charge >= 0.3 is 5.97 Å². The zero-order valence-corrected chi connectivity index (χ0v) is 17.1. The van der Waals surface area contributed by atoms with Crippen LogP contribution in [0.3, 0.4) is 0 Å². The topological polar surface area (TPSA) is 84.9 Å². The third kappa shape index (κ3) is 6.34. The summed E-state index contributed by atoms with van der Waals surface area (Å²) < 4.78 is 10.2. The third-order valence-electron chi connectivity index (χ3n) is 4.85. The van der Waals surface area contributed by atoms with E-state index in [1.807, 2.05) is 24.3 Å². The molecule has 0 atom stereocenters. The van der Waals surface area contributed by atoms with Crippen molar-refractivity contribution in [1.29, 1.82) is 0 Å². The van der Waals surface area contributed by atoms with E-state index >= 15 is 0 Å². The summed E-state index contributed by atoms with van der Waals surface area (Å²) in [5, 5.41) is 2.71. The number of hydrogen-bond donors (Lipinski definition) is 1. The van der Waals surface area contributed by atoms with Crippen molar-refractivity contribution in [2.45, 2.75) is 26.2 Å². The molecule has 0 aliphatic carbocycles. The number of ketones is 1. The minimum absolute atomic E-state index is 0.0480. The summed E-state index contributed by atoms with van der Waals surface area (Å²) in [7, 11) is 0. The number of esters is 1. The van der Waals surface area contributed by atoms with Crippen LogP contribution in [-0.4, -0.2) is 44.0 Å². The highest BCUT2D eigenvalue weighted by Crippen LogP contribution is 2.21. The first-order valence-electron chi connectivity index (χ1n) is 10.1. The van der Waals surface area contributed by atoms with Gasteiger partial charge in [-0.25, -0.2) is 4.79 Å². The normalized spacial score (nSPS) is 13.4. The number of carbonyl (C=O) groups is 3. The summed E-state index contributed by atoms with van der Waals surface area (Å²) in [5.74, 6) is -0.676. The molecule has 2 aromatic rings. The van der Waals surface area contributed by atoms with Gasteiger partial charge < -0.3 is 19.7 Å². The third-order valence-corrected chi connectivity index (χ3v) is 4.85. The predicted octanol–water partition coefficient (Wildman–Crippen LogP) is 3.44. The maximum Gasteiger partial charge on any atom is 0.344 e. The van der Waals surface area contributed by atoms with Gasteiger partial charge in [-0.15, -0.1) is 0 Å². The van der Waals surface area contributed by atoms with Crippen LogP contribution in [0.25, 0.3) is 0 Å². The number of nitrogens with zero attached hydrogens (tertiary/aromatic N) is 1. The van der Waals surface area contributed by atoms with E-state index in [-0.39, 0.29) is 19.0 Å². The molecule has 0 saturated carbocycles. The second-order valence-corrected chi connectivity index (χ2v) is 7.17. The summed E-state index contributed by atoms with van der Waals surface area (Å²) in [6.07, 6.45) is 3.69. The van der Waals surface area contributed by atoms with Crippen molar-refractivity contribution in [2.75, 3.05) is 36.5 Å². The summed E-state index contributed by atoms with van der Waals surface area (Å²) in [6, 6.07) is 14.1. The molecule has 158 valence electrons. The molecular formula is C23H26N2O5. The Morgan fingerprint density at radius 2 is 1.57 bits per heavy atom. The van der Waals surface area contributed by atoms with E-state index in [0.29, 0.717) is 17.0 Å². The van der Waals surface area contributed by atoms with Gasteiger partial charge in [-0.1, -0.05) is 0 Å². The van der Waals surface area contributed by atoms with Gasteiger partial charge in [-0.2, -0.15) is 0 Å². The van der Waals surface area contributed by atoms with Gasteiger partial charge in [-0.3, -0.25) is 9.59 Å². The van der Waals surface area contributed by atoms with Gasteiger partial charge in [0.25, 0.3) is 5.91 Å². The molecule has 1 fully saturated rings. The molecule has 1 saturated heterocycles. The molecule has 1 heterocycles. The van der Waals surface area contributed by atoms with Crippen molar-refractivity contribution in [1.82, 2.24) is 0 Å². The number of Topliss-reactive ketones (excluding diaryl/α,β-unsaturated/α-hetero) is 1. The first-order chi connectivity index (χ1) is 14.5. The van der Waals surface area contributed by atoms with Crippen LogP contribution in [0, 0.1) is 0 Å². The van der Waals surface area contributed by atoms with Crippen LogP contribution in [0.1, 0.15) is 36.5 Å². The van der Waals surface area contributed by atoms with Crippen molar-refractivity contribution < 1.29 is 23.9 Å². The van der Waals surface area contributed by atoms with Crippen LogP contribution >= 0.6 is 0 Å². The molecule has 1 amide bonds. The number of ether oxygens (including phenoxy) is 2. The molecule has 1 aliphatic heterocycles. The molecule has 7 heteroatoms. The van der Waals surface area contributed by atoms with Gasteiger partial charge in [0.05, 0.1) is 0 Å². The van der Waals surface area contributed by atoms with Crippen LogP contribution in [0.5, 0.6) is 5.75 Å². The van der Waals surface area contributed by atoms with Crippen molar-refractivity contribution in [2.24, 2.45) is 0 Å². The predicted molar refractivity (Wildman–Crippen MR) is 114 cm³/mol. The van der Waals surface area contributed by atoms with Crippen molar-refractivity contribution >= 4 is 29.0 Å². The quantitative estimate of drug-likeness (QED) is 0.530. The Kier molecular flexibility index (Phi) is 7.43. The molecule has 3 rings (SSSR count). The second-order valence-electron chi connectivity index (χ2n) is 7.17. The first-order valence-corrected chi connectivity index (χ1v) is 10.1. The van der Waals surface area contributed by atoms with E-state index < -0.39 is 11.9 Å². The Bertz CT molecular complexity index is 871. The number of rotatable bonds is 8. The highest BCUT2D eigenvalue weighted by atomic mass is 16.6. The molecule has 1 aliphatic rings. The Morgan fingerprint density at radius 3 is 2.20 bits per heavy atom. The number of nitrogens with one attached hydrogen (secondary N) is 1. The number of amides is 1. The number of benzene rings is 2. The number of piperidine rings is 1. The highest BCUT2D eigenvalue weighted by molar-refractivity contribution is 5.94. The Labute approximate surface area is 176 Å². The largest absolute Gasteiger partial charge is 0.482 e. The van der Waals surface area contributed by atoms with E-state index in [4.69, 9.17) is 9.47 Å². The Hall–Kier alpha value is -3.35. The second kappa shape index (κ2) is 10.4. The van der Waals surface area contributed by atoms with Gasteiger partial charge in [0.2, 0.25) is 0 Å². The fourth-order valence-corrected chi connectivity index (χ4v) is 3.22. The average molecular weight is 410 g/mol. The minimum atomic E-state index is -0.652. The van der Waals surface area contributed by atoms with Crippen LogP contribution < -0.4 is 15.0 Å². The highest BCUT2D eigenvalue weighted by Gasteiger charge is 2.12. The van der Waals surface area contributed by atoms with E-state index in [0.717, 1.165) is 18.8 Å². The minimum Gasteiger partial charge on any atom is -0.482 e. The first kappa shape index (κ1) is 21.4. The van der Waals surface area contributed by atoms with Crippen LogP contribution in [0.2, 0.25) is 0 Å². The monoisotopic (exact) mass is 410 g/mol. The van der Waals surface area contributed by atoms with Crippen molar-refractivity contribution in [3.63, 3.8) is 0 Å². The maximum atomic E-state index is 12.0. The Balaban J connectivity index is 1.38. The molecule has 1 N–H and O–H groups in total. The van der Waals surface area contributed by atoms with Crippen molar-refractivity contribution in [3.8, 4) is 5.75 Å². The van der Waals surface area contributed by atoms with Gasteiger partial charge in [0.15, 0.2) is 19.0 Å². The summed E-state index contributed by atoms with van der Waals surface area (Å²) in [4.78, 5) is 37.4. The van der Waals surface area contributed by atoms with Gasteiger partial charge in [-0.05, 0) is 74.7 Å². The Morgan fingerprint density at radius 1 is 0.900 bits per heavy atom. The maximum absolute atomic E-state index is 12.0. The van der Waals surface area contributed by atoms with Crippen LogP contribution in [0.4, 0.5) is 11.4 Å². The molecule has 0 bridgehead atoms. The smallest absolute Gasteiger partial charge is 0.344 e. The van der Waals surface area contributed by atoms with Gasteiger partial charge in [0, 0.05) is 30.0 Å². The number of anilines is 2. The fraction of sp³-hybridized carbons (Fsp3) is 0.348. The van der Waals surface area contributed by atoms with E-state index in [1.54, 1.807) is 24.3 Å². The van der Waals surface area contributed by atoms with E-state index in [9.17, 15) is 14.4 Å². The summed E-state index contributed by atoms with van der Waals surface area (Å²) >= 11 is 0. The molecule has 2 aromatic carbocycles. The van der Waals surface area contributed by atoms with Gasteiger partial charge in [0.1, 0.15) is 5.75 Å². The van der Waals surface area contributed by atoms with E-state index in [2.05, 4.69) is 10.2 Å². The van der Waals surface area contributed by atoms with Crippen molar-refractivity contribution in [3.05, 3.63) is 54.1 Å². The molecule has 0 unspecified atom stereocenters. The lowest BCUT2D eigenvalue weighted by Crippen LogP contribution is -2.29. The number of hydrogen-bond acceptors (Lipinski definition) is 6. The summed E-state index contributed by atoms with van der Waals surface area (Å²) in [5.41, 5.74) is 2.36. The lowest BCUT2D eigenvalue weighted by atomic mass is 10.1. The zero-order chi connectivity index (χ0) is 21.3. The fourth-order valence-electron chi connectivity index (χ4n) is 3.22. The molecular weight excluding hydrogens is 384 g/mol. The lowest BCUT2D eigenvalue weighted by molar-refractivity contribution is -0.149. The lowest BCUT2D eigenvalue weighted by Gasteiger charge is -2.28. The zero-order valence-electron chi connectivity index (χ0n) is 17.1. The standard InChI is InChI=1S/C23H26N2O5/c1-17(26)18-5-11-21(12-6-18)29-16-23(28)30-15-22(27)24-19-7-9-20(10-8-19)25-13-3-2-4-14-25/h5-12H,2-4,13-16H2,1H3,(H,24,27). The van der Waals surface area contributed by atoms with Crippen LogP contribution in [-0.2, 0) is 14.3 Å². The SMILES string of the molecule is CC(=O)c1ccc(OCC(=O)OCC(=O)Nc2ccc(N3CCCCC3)cc2)cc1. The molecule has 0 spiro atoms. The molecule has 30 heavy (non-hydrogen) atoms. The average Bonchev–Trinajstić information content (AvgIpc) is 2.77. The number of carbonyl (C=O) groups excluding carboxylic acids is 3. The molecule has 7 nitrogen and oxygen atoms in total. The molecule has 0 radical (unpaired) electrons. The summed E-state index contributed by atoms with van der Waals surface area (Å²) in [6.45, 7) is 2.88. The van der Waals surface area contributed by atoms with E-state index in [1.165, 1.54) is 26.2 Å². The molecule has 0 aromatic heterocycles. The van der Waals surface area contributed by atoms with Crippen LogP contribution in [0.15, 0.2) is 48.5 Å².